The molecule has 0 aliphatic carbocycles. The maximum atomic E-state index is 9.21. The SMILES string of the molecule is NCC(O)C1=COCCC1. The Morgan fingerprint density at radius 2 is 2.60 bits per heavy atom. The summed E-state index contributed by atoms with van der Waals surface area (Å²) in [5, 5.41) is 9.21. The van der Waals surface area contributed by atoms with E-state index >= 15 is 0 Å². The fourth-order valence-corrected chi connectivity index (χ4v) is 0.981. The quantitative estimate of drug-likeness (QED) is 0.572. The predicted molar refractivity (Wildman–Crippen MR) is 38.3 cm³/mol. The van der Waals surface area contributed by atoms with Crippen LogP contribution in [-0.4, -0.2) is 24.4 Å². The largest absolute Gasteiger partial charge is 0.501 e. The minimum atomic E-state index is -0.500. The van der Waals surface area contributed by atoms with Crippen LogP contribution in [0.5, 0.6) is 0 Å². The van der Waals surface area contributed by atoms with E-state index in [-0.39, 0.29) is 6.54 Å². The van der Waals surface area contributed by atoms with Crippen molar-refractivity contribution in [2.45, 2.75) is 18.9 Å². The first-order valence-corrected chi connectivity index (χ1v) is 3.53. The van der Waals surface area contributed by atoms with Crippen molar-refractivity contribution in [3.63, 3.8) is 0 Å². The highest BCUT2D eigenvalue weighted by molar-refractivity contribution is 5.06. The highest BCUT2D eigenvalue weighted by atomic mass is 16.5. The first-order valence-electron chi connectivity index (χ1n) is 3.53. The molecule has 1 heterocycles. The number of ether oxygens (including phenoxy) is 1. The van der Waals surface area contributed by atoms with Gasteiger partial charge >= 0.3 is 0 Å². The third kappa shape index (κ3) is 1.72. The van der Waals surface area contributed by atoms with Crippen molar-refractivity contribution in [2.75, 3.05) is 13.2 Å². The summed E-state index contributed by atoms with van der Waals surface area (Å²) in [7, 11) is 0. The van der Waals surface area contributed by atoms with Crippen LogP contribution < -0.4 is 5.73 Å². The Morgan fingerprint density at radius 3 is 3.10 bits per heavy atom. The second-order valence-corrected chi connectivity index (χ2v) is 2.42. The lowest BCUT2D eigenvalue weighted by Gasteiger charge is -2.16. The third-order valence-electron chi connectivity index (χ3n) is 1.61. The van der Waals surface area contributed by atoms with Crippen molar-refractivity contribution >= 4 is 0 Å². The van der Waals surface area contributed by atoms with Crippen LogP contribution >= 0.6 is 0 Å². The molecule has 0 saturated carbocycles. The van der Waals surface area contributed by atoms with Gasteiger partial charge in [0.2, 0.25) is 0 Å². The lowest BCUT2D eigenvalue weighted by molar-refractivity contribution is 0.173. The molecule has 0 fully saturated rings. The van der Waals surface area contributed by atoms with Gasteiger partial charge in [0.1, 0.15) is 0 Å². The van der Waals surface area contributed by atoms with E-state index in [2.05, 4.69) is 0 Å². The standard InChI is InChI=1S/C7H13NO2/c8-4-7(9)6-2-1-3-10-5-6/h5,7,9H,1-4,8H2. The van der Waals surface area contributed by atoms with Gasteiger partial charge in [-0.1, -0.05) is 0 Å². The van der Waals surface area contributed by atoms with E-state index in [0.717, 1.165) is 25.0 Å². The molecule has 1 unspecified atom stereocenters. The van der Waals surface area contributed by atoms with E-state index in [1.807, 2.05) is 0 Å². The molecular formula is C7H13NO2. The maximum Gasteiger partial charge on any atom is 0.0904 e. The van der Waals surface area contributed by atoms with Crippen molar-refractivity contribution in [3.05, 3.63) is 11.8 Å². The molecule has 0 aromatic rings. The second-order valence-electron chi connectivity index (χ2n) is 2.42. The van der Waals surface area contributed by atoms with E-state index in [4.69, 9.17) is 10.5 Å². The summed E-state index contributed by atoms with van der Waals surface area (Å²) < 4.78 is 5.03. The molecule has 3 heteroatoms. The zero-order valence-corrected chi connectivity index (χ0v) is 5.92. The smallest absolute Gasteiger partial charge is 0.0904 e. The first-order chi connectivity index (χ1) is 4.84. The highest BCUT2D eigenvalue weighted by Gasteiger charge is 2.11. The van der Waals surface area contributed by atoms with Crippen molar-refractivity contribution in [3.8, 4) is 0 Å². The summed E-state index contributed by atoms with van der Waals surface area (Å²) >= 11 is 0. The second kappa shape index (κ2) is 3.58. The molecule has 1 aliphatic heterocycles. The molecule has 58 valence electrons. The monoisotopic (exact) mass is 143 g/mol. The number of aliphatic hydroxyl groups excluding tert-OH is 1. The third-order valence-corrected chi connectivity index (χ3v) is 1.61. The highest BCUT2D eigenvalue weighted by Crippen LogP contribution is 2.14. The zero-order chi connectivity index (χ0) is 7.40. The van der Waals surface area contributed by atoms with Gasteiger partial charge in [0.05, 0.1) is 19.0 Å². The number of hydrogen-bond acceptors (Lipinski definition) is 3. The molecule has 3 nitrogen and oxygen atoms in total. The Kier molecular flexibility index (Phi) is 2.71. The van der Waals surface area contributed by atoms with Crippen molar-refractivity contribution in [1.82, 2.24) is 0 Å². The first kappa shape index (κ1) is 7.57. The van der Waals surface area contributed by atoms with E-state index in [0.29, 0.717) is 0 Å². The molecule has 0 aromatic heterocycles. The summed E-state index contributed by atoms with van der Waals surface area (Å²) in [6.45, 7) is 1.05. The van der Waals surface area contributed by atoms with E-state index in [9.17, 15) is 5.11 Å². The Bertz CT molecular complexity index is 134. The Labute approximate surface area is 60.5 Å². The van der Waals surface area contributed by atoms with Gasteiger partial charge in [-0.3, -0.25) is 0 Å². The van der Waals surface area contributed by atoms with Crippen LogP contribution in [0, 0.1) is 0 Å². The maximum absolute atomic E-state index is 9.21. The fourth-order valence-electron chi connectivity index (χ4n) is 0.981. The van der Waals surface area contributed by atoms with Gasteiger partial charge in [0, 0.05) is 6.54 Å². The van der Waals surface area contributed by atoms with Crippen molar-refractivity contribution in [1.29, 1.82) is 0 Å². The molecule has 1 atom stereocenters. The van der Waals surface area contributed by atoms with Crippen LogP contribution in [0.3, 0.4) is 0 Å². The molecule has 0 radical (unpaired) electrons. The number of aliphatic hydroxyl groups is 1. The van der Waals surface area contributed by atoms with Crippen LogP contribution in [0.25, 0.3) is 0 Å². The van der Waals surface area contributed by atoms with Crippen LogP contribution in [0.1, 0.15) is 12.8 Å². The van der Waals surface area contributed by atoms with Crippen LogP contribution in [0.2, 0.25) is 0 Å². The molecular weight excluding hydrogens is 130 g/mol. The lowest BCUT2D eigenvalue weighted by atomic mass is 10.1. The average molecular weight is 143 g/mol. The molecule has 0 amide bonds. The van der Waals surface area contributed by atoms with Gasteiger partial charge in [-0.05, 0) is 18.4 Å². The van der Waals surface area contributed by atoms with Crippen molar-refractivity contribution < 1.29 is 9.84 Å². The van der Waals surface area contributed by atoms with Crippen LogP contribution in [-0.2, 0) is 4.74 Å². The number of rotatable bonds is 2. The minimum Gasteiger partial charge on any atom is -0.501 e. The van der Waals surface area contributed by atoms with E-state index < -0.39 is 6.10 Å². The van der Waals surface area contributed by atoms with E-state index in [1.165, 1.54) is 0 Å². The van der Waals surface area contributed by atoms with Gasteiger partial charge in [-0.15, -0.1) is 0 Å². The van der Waals surface area contributed by atoms with Crippen LogP contribution in [0.4, 0.5) is 0 Å². The molecule has 1 aliphatic rings. The van der Waals surface area contributed by atoms with Crippen LogP contribution in [0.15, 0.2) is 11.8 Å². The summed E-state index contributed by atoms with van der Waals surface area (Å²) in [6, 6.07) is 0. The molecule has 10 heavy (non-hydrogen) atoms. The average Bonchev–Trinajstić information content (AvgIpc) is 2.05. The Morgan fingerprint density at radius 1 is 1.80 bits per heavy atom. The Hall–Kier alpha value is -0.540. The number of nitrogens with two attached hydrogens (primary N) is 1. The molecule has 1 rings (SSSR count). The molecule has 0 bridgehead atoms. The molecule has 3 N–H and O–H groups in total. The topological polar surface area (TPSA) is 55.5 Å². The zero-order valence-electron chi connectivity index (χ0n) is 5.92. The fraction of sp³-hybridized carbons (Fsp3) is 0.714. The summed E-state index contributed by atoms with van der Waals surface area (Å²) in [5.74, 6) is 0. The van der Waals surface area contributed by atoms with E-state index in [1.54, 1.807) is 6.26 Å². The van der Waals surface area contributed by atoms with Crippen molar-refractivity contribution in [2.24, 2.45) is 5.73 Å². The van der Waals surface area contributed by atoms with Gasteiger partial charge in [0.15, 0.2) is 0 Å². The minimum absolute atomic E-state index is 0.287. The molecule has 0 spiro atoms. The number of hydrogen-bond donors (Lipinski definition) is 2. The lowest BCUT2D eigenvalue weighted by Crippen LogP contribution is -2.23. The van der Waals surface area contributed by atoms with Gasteiger partial charge in [-0.2, -0.15) is 0 Å². The molecule has 0 aromatic carbocycles. The molecule has 0 saturated heterocycles. The van der Waals surface area contributed by atoms with Gasteiger partial charge in [-0.25, -0.2) is 0 Å². The Balaban J connectivity index is 2.44. The normalized spacial score (nSPS) is 21.2. The summed E-state index contributed by atoms with van der Waals surface area (Å²) in [4.78, 5) is 0. The summed E-state index contributed by atoms with van der Waals surface area (Å²) in [5.41, 5.74) is 6.18. The van der Waals surface area contributed by atoms with Gasteiger partial charge in [0.25, 0.3) is 0 Å². The predicted octanol–water partition coefficient (Wildman–Crippen LogP) is 0.000300. The van der Waals surface area contributed by atoms with Gasteiger partial charge < -0.3 is 15.6 Å². The summed E-state index contributed by atoms with van der Waals surface area (Å²) in [6.07, 6.45) is 3.03.